The highest BCUT2D eigenvalue weighted by molar-refractivity contribution is 5.93. The van der Waals surface area contributed by atoms with Crippen molar-refractivity contribution in [1.82, 2.24) is 5.32 Å². The van der Waals surface area contributed by atoms with Crippen molar-refractivity contribution in [3.8, 4) is 5.75 Å². The van der Waals surface area contributed by atoms with Gasteiger partial charge in [-0.25, -0.2) is 9.59 Å². The summed E-state index contributed by atoms with van der Waals surface area (Å²) in [5.74, 6) is -0.583. The normalized spacial score (nSPS) is 11.5. The number of carbonyl (C=O) groups is 2. The third-order valence-electron chi connectivity index (χ3n) is 2.80. The first-order chi connectivity index (χ1) is 10.1. The van der Waals surface area contributed by atoms with Gasteiger partial charge in [-0.3, -0.25) is 0 Å². The van der Waals surface area contributed by atoms with Gasteiger partial charge < -0.3 is 25.2 Å². The molecule has 1 unspecified atom stereocenters. The largest absolute Gasteiger partial charge is 0.495 e. The van der Waals surface area contributed by atoms with Gasteiger partial charge in [0.1, 0.15) is 11.8 Å². The van der Waals surface area contributed by atoms with Crippen LogP contribution in [0.1, 0.15) is 12.8 Å². The number of carboxylic acids is 1. The van der Waals surface area contributed by atoms with E-state index in [2.05, 4.69) is 10.6 Å². The number of nitrogens with one attached hydrogen (secondary N) is 2. The molecule has 0 aliphatic carbocycles. The minimum atomic E-state index is -1.08. The number of carbonyl (C=O) groups excluding carboxylic acids is 1. The SMILES string of the molecule is COCCCC(NC(=O)Nc1ccccc1OC)C(=O)O. The first-order valence-electron chi connectivity index (χ1n) is 6.50. The summed E-state index contributed by atoms with van der Waals surface area (Å²) in [5, 5.41) is 14.1. The van der Waals surface area contributed by atoms with Crippen molar-refractivity contribution in [2.45, 2.75) is 18.9 Å². The second-order valence-corrected chi connectivity index (χ2v) is 4.32. The molecule has 7 heteroatoms. The summed E-state index contributed by atoms with van der Waals surface area (Å²) >= 11 is 0. The minimum Gasteiger partial charge on any atom is -0.495 e. The Balaban J connectivity index is 2.59. The zero-order valence-electron chi connectivity index (χ0n) is 12.1. The van der Waals surface area contributed by atoms with Crippen molar-refractivity contribution in [3.05, 3.63) is 24.3 Å². The Kier molecular flexibility index (Phi) is 7.03. The zero-order chi connectivity index (χ0) is 15.7. The van der Waals surface area contributed by atoms with Crippen LogP contribution in [0, 0.1) is 0 Å². The molecule has 1 rings (SSSR count). The lowest BCUT2D eigenvalue weighted by Crippen LogP contribution is -2.43. The average Bonchev–Trinajstić information content (AvgIpc) is 2.46. The van der Waals surface area contributed by atoms with Crippen LogP contribution in [0.3, 0.4) is 0 Å². The van der Waals surface area contributed by atoms with E-state index in [-0.39, 0.29) is 0 Å². The molecule has 1 atom stereocenters. The molecule has 1 aromatic carbocycles. The Bertz CT molecular complexity index is 478. The predicted octanol–water partition coefficient (Wildman–Crippen LogP) is 1.70. The summed E-state index contributed by atoms with van der Waals surface area (Å²) < 4.78 is 9.97. The van der Waals surface area contributed by atoms with Gasteiger partial charge in [-0.15, -0.1) is 0 Å². The number of hydrogen-bond acceptors (Lipinski definition) is 4. The summed E-state index contributed by atoms with van der Waals surface area (Å²) in [6, 6.07) is 5.32. The van der Waals surface area contributed by atoms with Crippen LogP contribution in [0.15, 0.2) is 24.3 Å². The first-order valence-corrected chi connectivity index (χ1v) is 6.50. The molecule has 116 valence electrons. The summed E-state index contributed by atoms with van der Waals surface area (Å²) in [7, 11) is 3.03. The van der Waals surface area contributed by atoms with Crippen LogP contribution >= 0.6 is 0 Å². The van der Waals surface area contributed by atoms with Gasteiger partial charge in [-0.05, 0) is 25.0 Å². The van der Waals surface area contributed by atoms with E-state index in [4.69, 9.17) is 14.6 Å². The van der Waals surface area contributed by atoms with E-state index in [0.717, 1.165) is 0 Å². The molecule has 0 aliphatic rings. The van der Waals surface area contributed by atoms with Gasteiger partial charge >= 0.3 is 12.0 Å². The lowest BCUT2D eigenvalue weighted by atomic mass is 10.1. The molecule has 21 heavy (non-hydrogen) atoms. The zero-order valence-corrected chi connectivity index (χ0v) is 12.1. The molecule has 0 saturated carbocycles. The summed E-state index contributed by atoms with van der Waals surface area (Å²) in [5.41, 5.74) is 0.471. The second-order valence-electron chi connectivity index (χ2n) is 4.32. The summed E-state index contributed by atoms with van der Waals surface area (Å²) in [4.78, 5) is 23.0. The number of benzene rings is 1. The fourth-order valence-corrected chi connectivity index (χ4v) is 1.75. The number of amides is 2. The number of ether oxygens (including phenoxy) is 2. The highest BCUT2D eigenvalue weighted by Crippen LogP contribution is 2.22. The molecule has 0 fully saturated rings. The van der Waals surface area contributed by atoms with E-state index in [1.165, 1.54) is 14.2 Å². The van der Waals surface area contributed by atoms with Gasteiger partial charge in [-0.1, -0.05) is 12.1 Å². The Morgan fingerprint density at radius 1 is 1.29 bits per heavy atom. The van der Waals surface area contributed by atoms with Gasteiger partial charge in [0, 0.05) is 13.7 Å². The van der Waals surface area contributed by atoms with E-state index < -0.39 is 18.0 Å². The standard InChI is InChI=1S/C14H20N2O5/c1-20-9-5-7-11(13(17)18)16-14(19)15-10-6-3-4-8-12(10)21-2/h3-4,6,8,11H,5,7,9H2,1-2H3,(H,17,18)(H2,15,16,19). The molecule has 3 N–H and O–H groups in total. The topological polar surface area (TPSA) is 96.9 Å². The van der Waals surface area contributed by atoms with E-state index in [9.17, 15) is 9.59 Å². The monoisotopic (exact) mass is 296 g/mol. The van der Waals surface area contributed by atoms with Crippen molar-refractivity contribution in [2.24, 2.45) is 0 Å². The maximum Gasteiger partial charge on any atom is 0.326 e. The maximum atomic E-state index is 11.9. The highest BCUT2D eigenvalue weighted by atomic mass is 16.5. The Morgan fingerprint density at radius 2 is 2.00 bits per heavy atom. The summed E-state index contributed by atoms with van der Waals surface area (Å²) in [6.45, 7) is 0.444. The maximum absolute atomic E-state index is 11.9. The number of para-hydroxylation sites is 2. The van der Waals surface area contributed by atoms with E-state index in [0.29, 0.717) is 30.9 Å². The number of methoxy groups -OCH3 is 2. The molecule has 0 bridgehead atoms. The van der Waals surface area contributed by atoms with Crippen LogP contribution < -0.4 is 15.4 Å². The Hall–Kier alpha value is -2.28. The number of urea groups is 1. The number of carboxylic acid groups (broad SMARTS) is 1. The number of hydrogen-bond donors (Lipinski definition) is 3. The van der Waals surface area contributed by atoms with E-state index in [1.807, 2.05) is 0 Å². The molecule has 0 heterocycles. The van der Waals surface area contributed by atoms with Crippen molar-refractivity contribution < 1.29 is 24.2 Å². The number of anilines is 1. The molecular formula is C14H20N2O5. The lowest BCUT2D eigenvalue weighted by Gasteiger charge is -2.16. The van der Waals surface area contributed by atoms with E-state index >= 15 is 0 Å². The van der Waals surface area contributed by atoms with Crippen LogP contribution in [0.5, 0.6) is 5.75 Å². The molecule has 0 radical (unpaired) electrons. The van der Waals surface area contributed by atoms with Crippen molar-refractivity contribution in [3.63, 3.8) is 0 Å². The predicted molar refractivity (Wildman–Crippen MR) is 77.7 cm³/mol. The minimum absolute atomic E-state index is 0.294. The molecule has 0 aliphatic heterocycles. The Labute approximate surface area is 123 Å². The number of aliphatic carboxylic acids is 1. The van der Waals surface area contributed by atoms with Gasteiger partial charge in [-0.2, -0.15) is 0 Å². The number of rotatable bonds is 8. The smallest absolute Gasteiger partial charge is 0.326 e. The van der Waals surface area contributed by atoms with Crippen LogP contribution in [-0.4, -0.2) is 44.0 Å². The molecule has 0 aromatic heterocycles. The quantitative estimate of drug-likeness (QED) is 0.634. The van der Waals surface area contributed by atoms with Crippen LogP contribution in [0.25, 0.3) is 0 Å². The van der Waals surface area contributed by atoms with Crippen LogP contribution in [0.4, 0.5) is 10.5 Å². The third-order valence-corrected chi connectivity index (χ3v) is 2.80. The Morgan fingerprint density at radius 3 is 2.62 bits per heavy atom. The van der Waals surface area contributed by atoms with E-state index in [1.54, 1.807) is 24.3 Å². The molecular weight excluding hydrogens is 276 g/mol. The van der Waals surface area contributed by atoms with Crippen LogP contribution in [-0.2, 0) is 9.53 Å². The van der Waals surface area contributed by atoms with Crippen molar-refractivity contribution in [2.75, 3.05) is 26.1 Å². The van der Waals surface area contributed by atoms with Gasteiger partial charge in [0.25, 0.3) is 0 Å². The third kappa shape index (κ3) is 5.70. The van der Waals surface area contributed by atoms with Crippen molar-refractivity contribution in [1.29, 1.82) is 0 Å². The average molecular weight is 296 g/mol. The lowest BCUT2D eigenvalue weighted by molar-refractivity contribution is -0.139. The van der Waals surface area contributed by atoms with Gasteiger partial charge in [0.2, 0.25) is 0 Å². The van der Waals surface area contributed by atoms with Crippen LogP contribution in [0.2, 0.25) is 0 Å². The molecule has 1 aromatic rings. The highest BCUT2D eigenvalue weighted by Gasteiger charge is 2.19. The fraction of sp³-hybridized carbons (Fsp3) is 0.429. The first kappa shape index (κ1) is 16.8. The van der Waals surface area contributed by atoms with Gasteiger partial charge in [0.15, 0.2) is 0 Å². The van der Waals surface area contributed by atoms with Crippen molar-refractivity contribution >= 4 is 17.7 Å². The molecule has 7 nitrogen and oxygen atoms in total. The summed E-state index contributed by atoms with van der Waals surface area (Å²) in [6.07, 6.45) is 0.838. The fourth-order valence-electron chi connectivity index (χ4n) is 1.75. The second kappa shape index (κ2) is 8.80. The van der Waals surface area contributed by atoms with Gasteiger partial charge in [0.05, 0.1) is 12.8 Å². The molecule has 2 amide bonds. The molecule has 0 spiro atoms. The molecule has 0 saturated heterocycles.